The molecule has 11 rings (SSSR count). The van der Waals surface area contributed by atoms with Crippen LogP contribution in [-0.4, -0.2) is 24.1 Å². The van der Waals surface area contributed by atoms with Gasteiger partial charge in [-0.25, -0.2) is 15.0 Å². The number of hydrogen-bond acceptors (Lipinski definition) is 3. The third kappa shape index (κ3) is 5.29. The zero-order valence-corrected chi connectivity index (χ0v) is 30.3. The third-order valence-corrected chi connectivity index (χ3v) is 10.8. The van der Waals surface area contributed by atoms with E-state index < -0.39 is 0 Å². The van der Waals surface area contributed by atoms with Gasteiger partial charge < -0.3 is 9.13 Å². The number of fused-ring (bicyclic) bond motifs is 6. The zero-order valence-electron chi connectivity index (χ0n) is 30.3. The molecule has 0 aliphatic heterocycles. The normalized spacial score (nSPS) is 11.6. The van der Waals surface area contributed by atoms with Crippen molar-refractivity contribution in [1.29, 1.82) is 0 Å². The molecule has 0 fully saturated rings. The second kappa shape index (κ2) is 13.0. The Hall–Kier alpha value is -7.63. The van der Waals surface area contributed by atoms with Crippen molar-refractivity contribution in [1.82, 2.24) is 24.1 Å². The zero-order chi connectivity index (χ0) is 37.0. The molecule has 0 aliphatic carbocycles. The van der Waals surface area contributed by atoms with E-state index in [1.54, 1.807) is 0 Å². The van der Waals surface area contributed by atoms with E-state index in [0.29, 0.717) is 17.5 Å². The fraction of sp³-hybridized carbons (Fsp3) is 0. The quantitative estimate of drug-likeness (QED) is 0.172. The van der Waals surface area contributed by atoms with Crippen molar-refractivity contribution in [2.24, 2.45) is 0 Å². The predicted octanol–water partition coefficient (Wildman–Crippen LogP) is 12.7. The number of rotatable bonds is 6. The molecule has 0 amide bonds. The average Bonchev–Trinajstić information content (AvgIpc) is 3.80. The lowest BCUT2D eigenvalue weighted by Crippen LogP contribution is -2.00. The van der Waals surface area contributed by atoms with Gasteiger partial charge in [0.2, 0.25) is 0 Å². The van der Waals surface area contributed by atoms with Crippen LogP contribution >= 0.6 is 0 Å². The molecular formula is C51H33N5. The Balaban J connectivity index is 1.00. The monoisotopic (exact) mass is 715 g/mol. The van der Waals surface area contributed by atoms with E-state index in [0.717, 1.165) is 55.6 Å². The van der Waals surface area contributed by atoms with E-state index in [9.17, 15) is 0 Å². The Morgan fingerprint density at radius 3 is 1.29 bits per heavy atom. The van der Waals surface area contributed by atoms with Gasteiger partial charge in [0.1, 0.15) is 0 Å². The number of hydrogen-bond donors (Lipinski definition) is 0. The first-order valence-corrected chi connectivity index (χ1v) is 18.9. The van der Waals surface area contributed by atoms with Crippen molar-refractivity contribution < 1.29 is 0 Å². The van der Waals surface area contributed by atoms with Crippen LogP contribution in [0.4, 0.5) is 0 Å². The Kier molecular flexibility index (Phi) is 7.42. The number of para-hydroxylation sites is 4. The lowest BCUT2D eigenvalue weighted by Gasteiger charge is -2.11. The van der Waals surface area contributed by atoms with Gasteiger partial charge in [-0.15, -0.1) is 0 Å². The van der Waals surface area contributed by atoms with Crippen LogP contribution in [0.25, 0.3) is 100 Å². The van der Waals surface area contributed by atoms with E-state index in [1.165, 1.54) is 27.2 Å². The van der Waals surface area contributed by atoms with Crippen molar-refractivity contribution in [3.8, 4) is 56.7 Å². The van der Waals surface area contributed by atoms with Gasteiger partial charge in [0.15, 0.2) is 17.5 Å². The molecule has 3 heterocycles. The molecule has 56 heavy (non-hydrogen) atoms. The van der Waals surface area contributed by atoms with Gasteiger partial charge in [-0.3, -0.25) is 0 Å². The van der Waals surface area contributed by atoms with E-state index in [1.807, 2.05) is 30.3 Å². The summed E-state index contributed by atoms with van der Waals surface area (Å²) in [6.45, 7) is 0. The minimum Gasteiger partial charge on any atom is -0.309 e. The molecule has 0 radical (unpaired) electrons. The van der Waals surface area contributed by atoms with Crippen molar-refractivity contribution in [3.05, 3.63) is 200 Å². The van der Waals surface area contributed by atoms with E-state index in [-0.39, 0.29) is 0 Å². The summed E-state index contributed by atoms with van der Waals surface area (Å²) in [5.74, 6) is 1.90. The van der Waals surface area contributed by atoms with E-state index in [4.69, 9.17) is 15.0 Å². The Morgan fingerprint density at radius 1 is 0.250 bits per heavy atom. The molecule has 11 aromatic rings. The lowest BCUT2D eigenvalue weighted by atomic mass is 10.0. The highest BCUT2D eigenvalue weighted by Gasteiger charge is 2.17. The molecule has 0 atom stereocenters. The molecule has 0 unspecified atom stereocenters. The summed E-state index contributed by atoms with van der Waals surface area (Å²) in [6, 6.07) is 70.3. The number of nitrogens with zero attached hydrogens (tertiary/aromatic N) is 5. The van der Waals surface area contributed by atoms with Crippen molar-refractivity contribution >= 4 is 43.6 Å². The minimum atomic E-state index is 0.631. The van der Waals surface area contributed by atoms with Crippen LogP contribution in [0, 0.1) is 0 Å². The molecule has 5 nitrogen and oxygen atoms in total. The molecule has 0 aliphatic rings. The molecule has 0 bridgehead atoms. The van der Waals surface area contributed by atoms with Crippen molar-refractivity contribution in [2.75, 3.05) is 0 Å². The lowest BCUT2D eigenvalue weighted by molar-refractivity contribution is 1.07. The molecule has 262 valence electrons. The maximum Gasteiger partial charge on any atom is 0.164 e. The summed E-state index contributed by atoms with van der Waals surface area (Å²) in [5, 5.41) is 4.84. The van der Waals surface area contributed by atoms with Crippen LogP contribution in [0.1, 0.15) is 0 Å². The maximum atomic E-state index is 5.13. The van der Waals surface area contributed by atoms with Gasteiger partial charge in [-0.05, 0) is 71.8 Å². The first kappa shape index (κ1) is 31.9. The van der Waals surface area contributed by atoms with Gasteiger partial charge in [0.05, 0.1) is 22.1 Å². The minimum absolute atomic E-state index is 0.631. The van der Waals surface area contributed by atoms with Crippen LogP contribution in [0.5, 0.6) is 0 Å². The summed E-state index contributed by atoms with van der Waals surface area (Å²) < 4.78 is 4.68. The summed E-state index contributed by atoms with van der Waals surface area (Å²) in [6.07, 6.45) is 0. The van der Waals surface area contributed by atoms with Crippen molar-refractivity contribution in [2.45, 2.75) is 0 Å². The molecule has 3 aromatic heterocycles. The second-order valence-electron chi connectivity index (χ2n) is 14.1. The van der Waals surface area contributed by atoms with Gasteiger partial charge in [0, 0.05) is 49.6 Å². The van der Waals surface area contributed by atoms with Gasteiger partial charge in [-0.1, -0.05) is 140 Å². The number of benzene rings is 8. The molecule has 0 N–H and O–H groups in total. The van der Waals surface area contributed by atoms with Gasteiger partial charge in [0.25, 0.3) is 0 Å². The van der Waals surface area contributed by atoms with E-state index >= 15 is 0 Å². The summed E-state index contributed by atoms with van der Waals surface area (Å²) in [5.41, 5.74) is 12.0. The highest BCUT2D eigenvalue weighted by Crippen LogP contribution is 2.36. The van der Waals surface area contributed by atoms with E-state index in [2.05, 4.69) is 179 Å². The average molecular weight is 716 g/mol. The predicted molar refractivity (Wildman–Crippen MR) is 230 cm³/mol. The summed E-state index contributed by atoms with van der Waals surface area (Å²) in [4.78, 5) is 15.2. The molecule has 8 aromatic carbocycles. The number of aromatic nitrogens is 5. The highest BCUT2D eigenvalue weighted by molar-refractivity contribution is 6.11. The first-order valence-electron chi connectivity index (χ1n) is 18.9. The first-order chi connectivity index (χ1) is 27.8. The third-order valence-electron chi connectivity index (χ3n) is 10.8. The summed E-state index contributed by atoms with van der Waals surface area (Å²) in [7, 11) is 0. The fourth-order valence-corrected chi connectivity index (χ4v) is 8.15. The largest absolute Gasteiger partial charge is 0.309 e. The highest BCUT2D eigenvalue weighted by atomic mass is 15.0. The van der Waals surface area contributed by atoms with Crippen LogP contribution in [-0.2, 0) is 0 Å². The van der Waals surface area contributed by atoms with Crippen LogP contribution in [0.15, 0.2) is 200 Å². The second-order valence-corrected chi connectivity index (χ2v) is 14.1. The SMILES string of the molecule is c1ccc(-c2nc(-c3ccc(-c4cccc(-n5c6ccccc6c6ccccc65)c4)cc3)nc(-c3ccc4c(c3)c3ccccc3n4-c3ccccc3)n2)cc1. The molecule has 0 spiro atoms. The topological polar surface area (TPSA) is 48.5 Å². The Morgan fingerprint density at radius 2 is 0.661 bits per heavy atom. The molecule has 0 saturated heterocycles. The Bertz CT molecular complexity index is 3180. The smallest absolute Gasteiger partial charge is 0.164 e. The standard InChI is InChI=1S/C51H33N5/c1-3-14-35(15-4-1)49-52-50(54-51(53-49)38-30-31-48-44(33-38)43-22-9-12-25-47(43)55(48)39-17-5-2-6-18-39)36-28-26-34(27-29-36)37-16-13-19-40(32-37)56-45-23-10-7-20-41(45)42-21-8-11-24-46(42)56/h1-33H. The van der Waals surface area contributed by atoms with Crippen LogP contribution < -0.4 is 0 Å². The molecule has 0 saturated carbocycles. The van der Waals surface area contributed by atoms with Gasteiger partial charge >= 0.3 is 0 Å². The summed E-state index contributed by atoms with van der Waals surface area (Å²) >= 11 is 0. The Labute approximate surface area is 323 Å². The fourth-order valence-electron chi connectivity index (χ4n) is 8.15. The van der Waals surface area contributed by atoms with Gasteiger partial charge in [-0.2, -0.15) is 0 Å². The van der Waals surface area contributed by atoms with Crippen molar-refractivity contribution in [3.63, 3.8) is 0 Å². The van der Waals surface area contributed by atoms with Crippen LogP contribution in [0.3, 0.4) is 0 Å². The maximum absolute atomic E-state index is 5.13. The molecule has 5 heteroatoms. The van der Waals surface area contributed by atoms with Crippen LogP contribution in [0.2, 0.25) is 0 Å². The molecular weight excluding hydrogens is 683 g/mol.